The number of carbonyl (C=O) groups is 1. The summed E-state index contributed by atoms with van der Waals surface area (Å²) in [4.78, 5) is 16.5. The number of anilines is 1. The molecule has 1 amide bonds. The van der Waals surface area contributed by atoms with Crippen molar-refractivity contribution in [1.82, 2.24) is 19.6 Å². The monoisotopic (exact) mass is 265 g/mol. The summed E-state index contributed by atoms with van der Waals surface area (Å²) in [6, 6.07) is 0.449. The summed E-state index contributed by atoms with van der Waals surface area (Å²) in [5, 5.41) is 4.19. The lowest BCUT2D eigenvalue weighted by Gasteiger charge is -2.26. The molecule has 1 aliphatic heterocycles. The summed E-state index contributed by atoms with van der Waals surface area (Å²) in [5.74, 6) is -0.0547. The Morgan fingerprint density at radius 1 is 1.53 bits per heavy atom. The molecule has 1 aromatic rings. The first-order valence-corrected chi connectivity index (χ1v) is 6.66. The molecule has 6 nitrogen and oxygen atoms in total. The second kappa shape index (κ2) is 5.21. The zero-order valence-corrected chi connectivity index (χ0v) is 12.2. The molecular formula is C13H23N5O. The number of aromatic nitrogens is 2. The van der Waals surface area contributed by atoms with Crippen LogP contribution in [-0.2, 0) is 7.05 Å². The van der Waals surface area contributed by atoms with E-state index in [1.807, 2.05) is 14.0 Å². The maximum Gasteiger partial charge on any atom is 0.274 e. The molecule has 1 fully saturated rings. The molecule has 0 aromatic carbocycles. The van der Waals surface area contributed by atoms with Gasteiger partial charge in [0.25, 0.3) is 5.91 Å². The smallest absolute Gasteiger partial charge is 0.274 e. The molecule has 0 radical (unpaired) electrons. The maximum absolute atomic E-state index is 12.5. The summed E-state index contributed by atoms with van der Waals surface area (Å²) in [5.41, 5.74) is 7.61. The van der Waals surface area contributed by atoms with E-state index in [0.29, 0.717) is 23.1 Å². The summed E-state index contributed by atoms with van der Waals surface area (Å²) >= 11 is 0. The van der Waals surface area contributed by atoms with Gasteiger partial charge in [0.1, 0.15) is 5.69 Å². The van der Waals surface area contributed by atoms with E-state index in [1.165, 1.54) is 6.42 Å². The van der Waals surface area contributed by atoms with Crippen LogP contribution in [0.25, 0.3) is 0 Å². The minimum Gasteiger partial charge on any atom is -0.395 e. The summed E-state index contributed by atoms with van der Waals surface area (Å²) in [7, 11) is 5.70. The molecule has 19 heavy (non-hydrogen) atoms. The molecule has 106 valence electrons. The highest BCUT2D eigenvalue weighted by Crippen LogP contribution is 2.19. The van der Waals surface area contributed by atoms with Crippen molar-refractivity contribution in [2.75, 3.05) is 32.9 Å². The molecule has 2 N–H and O–H groups in total. The number of rotatable bonds is 3. The van der Waals surface area contributed by atoms with Crippen molar-refractivity contribution in [3.05, 3.63) is 11.4 Å². The van der Waals surface area contributed by atoms with E-state index < -0.39 is 0 Å². The molecule has 1 aromatic heterocycles. The third-order valence-corrected chi connectivity index (χ3v) is 3.97. The second-order valence-electron chi connectivity index (χ2n) is 5.43. The van der Waals surface area contributed by atoms with E-state index >= 15 is 0 Å². The molecule has 1 aliphatic rings. The van der Waals surface area contributed by atoms with Crippen LogP contribution < -0.4 is 5.73 Å². The van der Waals surface area contributed by atoms with Crippen LogP contribution in [0.15, 0.2) is 0 Å². The van der Waals surface area contributed by atoms with Crippen molar-refractivity contribution in [3.63, 3.8) is 0 Å². The minimum atomic E-state index is -0.0547. The maximum atomic E-state index is 12.5. The Morgan fingerprint density at radius 2 is 2.21 bits per heavy atom. The van der Waals surface area contributed by atoms with Crippen molar-refractivity contribution >= 4 is 11.6 Å². The number of hydrogen-bond donors (Lipinski definition) is 1. The van der Waals surface area contributed by atoms with Gasteiger partial charge in [-0.3, -0.25) is 9.48 Å². The molecule has 1 unspecified atom stereocenters. The first-order valence-electron chi connectivity index (χ1n) is 6.66. The SMILES string of the molecule is Cc1nn(C)c(C(=O)N(C)CC2CCCN2C)c1N. The van der Waals surface area contributed by atoms with E-state index in [2.05, 4.69) is 17.0 Å². The highest BCUT2D eigenvalue weighted by molar-refractivity contribution is 5.97. The molecular weight excluding hydrogens is 242 g/mol. The Kier molecular flexibility index (Phi) is 3.80. The molecule has 2 heterocycles. The number of likely N-dealkylation sites (N-methyl/N-ethyl adjacent to an activating group) is 2. The fourth-order valence-corrected chi connectivity index (χ4v) is 2.72. The molecule has 6 heteroatoms. The number of nitrogens with two attached hydrogens (primary N) is 1. The Balaban J connectivity index is 2.10. The standard InChI is InChI=1S/C13H23N5O/c1-9-11(14)12(18(4)15-9)13(19)17(3)8-10-6-5-7-16(10)2/h10H,5-8,14H2,1-4H3. The van der Waals surface area contributed by atoms with E-state index in [9.17, 15) is 4.79 Å². The third-order valence-electron chi connectivity index (χ3n) is 3.97. The molecule has 0 spiro atoms. The first kappa shape index (κ1) is 13.9. The van der Waals surface area contributed by atoms with Crippen molar-refractivity contribution in [3.8, 4) is 0 Å². The number of nitrogen functional groups attached to an aromatic ring is 1. The average Bonchev–Trinajstić information content (AvgIpc) is 2.84. The van der Waals surface area contributed by atoms with Gasteiger partial charge >= 0.3 is 0 Å². The fourth-order valence-electron chi connectivity index (χ4n) is 2.72. The number of likely N-dealkylation sites (tertiary alicyclic amines) is 1. The summed E-state index contributed by atoms with van der Waals surface area (Å²) in [6.45, 7) is 3.66. The highest BCUT2D eigenvalue weighted by atomic mass is 16.2. The van der Waals surface area contributed by atoms with Crippen LogP contribution in [0.3, 0.4) is 0 Å². The normalized spacial score (nSPS) is 19.9. The van der Waals surface area contributed by atoms with Gasteiger partial charge in [-0.2, -0.15) is 5.10 Å². The van der Waals surface area contributed by atoms with Crippen LogP contribution in [-0.4, -0.2) is 58.7 Å². The zero-order chi connectivity index (χ0) is 14.2. The van der Waals surface area contributed by atoms with Crippen LogP contribution >= 0.6 is 0 Å². The summed E-state index contributed by atoms with van der Waals surface area (Å²) < 4.78 is 1.57. The van der Waals surface area contributed by atoms with E-state index in [1.54, 1.807) is 16.6 Å². The molecule has 0 bridgehead atoms. The predicted octanol–water partition coefficient (Wildman–Crippen LogP) is 0.477. The van der Waals surface area contributed by atoms with E-state index in [0.717, 1.165) is 19.5 Å². The molecule has 0 saturated carbocycles. The topological polar surface area (TPSA) is 67.4 Å². The van der Waals surface area contributed by atoms with Gasteiger partial charge in [0, 0.05) is 26.7 Å². The Bertz CT molecular complexity index is 482. The molecule has 1 saturated heterocycles. The van der Waals surface area contributed by atoms with E-state index in [-0.39, 0.29) is 5.91 Å². The molecule has 1 atom stereocenters. The Hall–Kier alpha value is -1.56. The van der Waals surface area contributed by atoms with Crippen LogP contribution in [0.1, 0.15) is 29.0 Å². The van der Waals surface area contributed by atoms with Crippen LogP contribution in [0.5, 0.6) is 0 Å². The third kappa shape index (κ3) is 2.58. The molecule has 0 aliphatic carbocycles. The fraction of sp³-hybridized carbons (Fsp3) is 0.692. The van der Waals surface area contributed by atoms with Crippen molar-refractivity contribution < 1.29 is 4.79 Å². The van der Waals surface area contributed by atoms with Gasteiger partial charge in [-0.25, -0.2) is 0 Å². The largest absolute Gasteiger partial charge is 0.395 e. The second-order valence-corrected chi connectivity index (χ2v) is 5.43. The van der Waals surface area contributed by atoms with Crippen LogP contribution in [0.2, 0.25) is 0 Å². The minimum absolute atomic E-state index is 0.0547. The Labute approximate surface area is 114 Å². The quantitative estimate of drug-likeness (QED) is 0.863. The average molecular weight is 265 g/mol. The zero-order valence-electron chi connectivity index (χ0n) is 12.2. The lowest BCUT2D eigenvalue weighted by molar-refractivity contribution is 0.0751. The van der Waals surface area contributed by atoms with Gasteiger partial charge in [0.2, 0.25) is 0 Å². The van der Waals surface area contributed by atoms with Gasteiger partial charge in [-0.15, -0.1) is 0 Å². The first-order chi connectivity index (χ1) is 8.91. The van der Waals surface area contributed by atoms with Crippen molar-refractivity contribution in [2.45, 2.75) is 25.8 Å². The lowest BCUT2D eigenvalue weighted by atomic mass is 10.2. The number of hydrogen-bond acceptors (Lipinski definition) is 4. The van der Waals surface area contributed by atoms with Crippen LogP contribution in [0.4, 0.5) is 5.69 Å². The number of carbonyl (C=O) groups excluding carboxylic acids is 1. The van der Waals surface area contributed by atoms with Crippen molar-refractivity contribution in [1.29, 1.82) is 0 Å². The van der Waals surface area contributed by atoms with Gasteiger partial charge in [0.15, 0.2) is 0 Å². The number of nitrogens with zero attached hydrogens (tertiary/aromatic N) is 4. The van der Waals surface area contributed by atoms with Gasteiger partial charge in [0.05, 0.1) is 11.4 Å². The predicted molar refractivity (Wildman–Crippen MR) is 75.0 cm³/mol. The van der Waals surface area contributed by atoms with E-state index in [4.69, 9.17) is 5.73 Å². The van der Waals surface area contributed by atoms with Gasteiger partial charge < -0.3 is 15.5 Å². The Morgan fingerprint density at radius 3 is 2.68 bits per heavy atom. The highest BCUT2D eigenvalue weighted by Gasteiger charge is 2.27. The number of aryl methyl sites for hydroxylation is 2. The van der Waals surface area contributed by atoms with Gasteiger partial charge in [-0.1, -0.05) is 0 Å². The number of amides is 1. The van der Waals surface area contributed by atoms with Crippen molar-refractivity contribution in [2.24, 2.45) is 7.05 Å². The van der Waals surface area contributed by atoms with Crippen LogP contribution in [0, 0.1) is 6.92 Å². The summed E-state index contributed by atoms with van der Waals surface area (Å²) in [6.07, 6.45) is 2.35. The molecule has 2 rings (SSSR count). The lowest BCUT2D eigenvalue weighted by Crippen LogP contribution is -2.40. The van der Waals surface area contributed by atoms with Gasteiger partial charge in [-0.05, 0) is 33.4 Å².